The number of nitrogens with zero attached hydrogens (tertiary/aromatic N) is 1. The van der Waals surface area contributed by atoms with E-state index in [0.29, 0.717) is 6.04 Å². The molecular formula is C13H15ClN2. The SMILES string of the molecule is Cl.c1ccc(C2NCCn3cccc32)cc1. The molecule has 0 saturated carbocycles. The second-order valence-electron chi connectivity index (χ2n) is 3.92. The standard InChI is InChI=1S/C13H14N2.ClH/c1-2-5-11(6-3-1)13-12-7-4-9-15(12)10-8-14-13;/h1-7,9,13-14H,8,10H2;1H. The topological polar surface area (TPSA) is 17.0 Å². The Morgan fingerprint density at radius 1 is 1.06 bits per heavy atom. The number of rotatable bonds is 1. The Hall–Kier alpha value is -1.25. The summed E-state index contributed by atoms with van der Waals surface area (Å²) in [5.41, 5.74) is 2.71. The lowest BCUT2D eigenvalue weighted by molar-refractivity contribution is 0.467. The summed E-state index contributed by atoms with van der Waals surface area (Å²) < 4.78 is 2.33. The molecule has 1 aliphatic rings. The zero-order valence-electron chi connectivity index (χ0n) is 8.97. The Balaban J connectivity index is 0.000000963. The van der Waals surface area contributed by atoms with Crippen LogP contribution in [0, 0.1) is 0 Å². The van der Waals surface area contributed by atoms with Crippen LogP contribution >= 0.6 is 12.4 Å². The third-order valence-corrected chi connectivity index (χ3v) is 2.99. The summed E-state index contributed by atoms with van der Waals surface area (Å²) >= 11 is 0. The molecule has 0 bridgehead atoms. The van der Waals surface area contributed by atoms with Gasteiger partial charge < -0.3 is 9.88 Å². The second-order valence-corrected chi connectivity index (χ2v) is 3.92. The molecule has 1 atom stereocenters. The maximum atomic E-state index is 3.56. The molecule has 1 aliphatic heterocycles. The van der Waals surface area contributed by atoms with Gasteiger partial charge in [-0.05, 0) is 17.7 Å². The molecule has 1 N–H and O–H groups in total. The molecule has 2 aromatic rings. The van der Waals surface area contributed by atoms with Crippen LogP contribution in [0.2, 0.25) is 0 Å². The first kappa shape index (κ1) is 11.2. The van der Waals surface area contributed by atoms with Crippen LogP contribution in [0.25, 0.3) is 0 Å². The summed E-state index contributed by atoms with van der Waals surface area (Å²) in [7, 11) is 0. The molecule has 0 saturated heterocycles. The Morgan fingerprint density at radius 2 is 1.88 bits per heavy atom. The first-order valence-corrected chi connectivity index (χ1v) is 5.38. The molecule has 0 radical (unpaired) electrons. The minimum atomic E-state index is 0. The van der Waals surface area contributed by atoms with Crippen molar-refractivity contribution in [2.45, 2.75) is 12.6 Å². The van der Waals surface area contributed by atoms with Gasteiger partial charge in [-0.1, -0.05) is 30.3 Å². The van der Waals surface area contributed by atoms with E-state index >= 15 is 0 Å². The van der Waals surface area contributed by atoms with Gasteiger partial charge in [0.2, 0.25) is 0 Å². The van der Waals surface area contributed by atoms with Crippen LogP contribution in [0.3, 0.4) is 0 Å². The van der Waals surface area contributed by atoms with Gasteiger partial charge in [0.15, 0.2) is 0 Å². The summed E-state index contributed by atoms with van der Waals surface area (Å²) in [6.07, 6.45) is 2.16. The lowest BCUT2D eigenvalue weighted by Gasteiger charge is -2.26. The van der Waals surface area contributed by atoms with E-state index in [9.17, 15) is 0 Å². The van der Waals surface area contributed by atoms with Crippen molar-refractivity contribution in [3.8, 4) is 0 Å². The number of hydrogen-bond acceptors (Lipinski definition) is 1. The highest BCUT2D eigenvalue weighted by Crippen LogP contribution is 2.24. The van der Waals surface area contributed by atoms with E-state index in [4.69, 9.17) is 0 Å². The maximum Gasteiger partial charge on any atom is 0.0731 e. The molecule has 0 amide bonds. The average Bonchev–Trinajstić information content (AvgIpc) is 2.78. The monoisotopic (exact) mass is 234 g/mol. The minimum absolute atomic E-state index is 0. The molecule has 1 unspecified atom stereocenters. The molecule has 3 rings (SSSR count). The fourth-order valence-corrected chi connectivity index (χ4v) is 2.26. The Labute approximate surface area is 102 Å². The number of benzene rings is 1. The molecule has 2 heterocycles. The van der Waals surface area contributed by atoms with Crippen LogP contribution in [-0.4, -0.2) is 11.1 Å². The molecular weight excluding hydrogens is 220 g/mol. The van der Waals surface area contributed by atoms with Crippen molar-refractivity contribution in [1.29, 1.82) is 0 Å². The quantitative estimate of drug-likeness (QED) is 0.803. The van der Waals surface area contributed by atoms with Gasteiger partial charge in [-0.25, -0.2) is 0 Å². The summed E-state index contributed by atoms with van der Waals surface area (Å²) in [4.78, 5) is 0. The normalized spacial score (nSPS) is 18.6. The van der Waals surface area contributed by atoms with Crippen molar-refractivity contribution in [3.05, 3.63) is 59.9 Å². The van der Waals surface area contributed by atoms with E-state index in [1.807, 2.05) is 0 Å². The lowest BCUT2D eigenvalue weighted by Crippen LogP contribution is -2.33. The molecule has 16 heavy (non-hydrogen) atoms. The molecule has 3 heteroatoms. The van der Waals surface area contributed by atoms with E-state index in [1.165, 1.54) is 11.3 Å². The van der Waals surface area contributed by atoms with E-state index in [1.54, 1.807) is 0 Å². The fraction of sp³-hybridized carbons (Fsp3) is 0.231. The van der Waals surface area contributed by atoms with E-state index in [2.05, 4.69) is 58.5 Å². The first-order valence-electron chi connectivity index (χ1n) is 5.38. The van der Waals surface area contributed by atoms with Crippen LogP contribution in [0.5, 0.6) is 0 Å². The van der Waals surface area contributed by atoms with Crippen molar-refractivity contribution in [2.75, 3.05) is 6.54 Å². The highest BCUT2D eigenvalue weighted by Gasteiger charge is 2.19. The average molecular weight is 235 g/mol. The highest BCUT2D eigenvalue weighted by atomic mass is 35.5. The number of nitrogens with one attached hydrogen (secondary N) is 1. The van der Waals surface area contributed by atoms with Crippen molar-refractivity contribution in [3.63, 3.8) is 0 Å². The molecule has 0 fully saturated rings. The van der Waals surface area contributed by atoms with Crippen molar-refractivity contribution < 1.29 is 0 Å². The summed E-state index contributed by atoms with van der Waals surface area (Å²) in [6.45, 7) is 2.12. The minimum Gasteiger partial charge on any atom is -0.348 e. The van der Waals surface area contributed by atoms with Gasteiger partial charge in [-0.3, -0.25) is 0 Å². The van der Waals surface area contributed by atoms with E-state index in [0.717, 1.165) is 13.1 Å². The van der Waals surface area contributed by atoms with Gasteiger partial charge in [0.25, 0.3) is 0 Å². The van der Waals surface area contributed by atoms with Crippen LogP contribution in [0.4, 0.5) is 0 Å². The van der Waals surface area contributed by atoms with E-state index in [-0.39, 0.29) is 12.4 Å². The van der Waals surface area contributed by atoms with Gasteiger partial charge >= 0.3 is 0 Å². The zero-order chi connectivity index (χ0) is 10.1. The Kier molecular flexibility index (Phi) is 3.32. The summed E-state index contributed by atoms with van der Waals surface area (Å²) in [5.74, 6) is 0. The van der Waals surface area contributed by atoms with Crippen molar-refractivity contribution in [1.82, 2.24) is 9.88 Å². The van der Waals surface area contributed by atoms with E-state index < -0.39 is 0 Å². The van der Waals surface area contributed by atoms with Crippen LogP contribution in [-0.2, 0) is 6.54 Å². The Bertz CT molecular complexity index is 450. The van der Waals surface area contributed by atoms with Gasteiger partial charge in [0.1, 0.15) is 0 Å². The smallest absolute Gasteiger partial charge is 0.0731 e. The Morgan fingerprint density at radius 3 is 2.69 bits per heavy atom. The molecule has 0 spiro atoms. The fourth-order valence-electron chi connectivity index (χ4n) is 2.26. The number of halogens is 1. The van der Waals surface area contributed by atoms with Crippen molar-refractivity contribution in [2.24, 2.45) is 0 Å². The van der Waals surface area contributed by atoms with Crippen LogP contribution in [0.15, 0.2) is 48.7 Å². The zero-order valence-corrected chi connectivity index (χ0v) is 9.78. The molecule has 1 aromatic heterocycles. The number of aromatic nitrogens is 1. The summed E-state index contributed by atoms with van der Waals surface area (Å²) in [5, 5.41) is 3.56. The molecule has 2 nitrogen and oxygen atoms in total. The first-order chi connectivity index (χ1) is 7.45. The largest absolute Gasteiger partial charge is 0.348 e. The third-order valence-electron chi connectivity index (χ3n) is 2.99. The number of fused-ring (bicyclic) bond motifs is 1. The maximum absolute atomic E-state index is 3.56. The molecule has 0 aliphatic carbocycles. The predicted octanol–water partition coefficient (Wildman–Crippen LogP) is 2.60. The third kappa shape index (κ3) is 1.86. The summed E-state index contributed by atoms with van der Waals surface area (Å²) in [6, 6.07) is 15.3. The van der Waals surface area contributed by atoms with Gasteiger partial charge in [-0.2, -0.15) is 0 Å². The number of hydrogen-bond donors (Lipinski definition) is 1. The molecule has 1 aromatic carbocycles. The van der Waals surface area contributed by atoms with Gasteiger partial charge in [-0.15, -0.1) is 12.4 Å². The predicted molar refractivity (Wildman–Crippen MR) is 68.0 cm³/mol. The lowest BCUT2D eigenvalue weighted by atomic mass is 10.0. The van der Waals surface area contributed by atoms with Crippen LogP contribution in [0.1, 0.15) is 17.3 Å². The van der Waals surface area contributed by atoms with Gasteiger partial charge in [0, 0.05) is 25.0 Å². The second kappa shape index (κ2) is 4.73. The highest BCUT2D eigenvalue weighted by molar-refractivity contribution is 5.85. The van der Waals surface area contributed by atoms with Crippen LogP contribution < -0.4 is 5.32 Å². The van der Waals surface area contributed by atoms with Crippen molar-refractivity contribution >= 4 is 12.4 Å². The molecule has 84 valence electrons. The van der Waals surface area contributed by atoms with Gasteiger partial charge in [0.05, 0.1) is 6.04 Å².